The standard InChI is InChI=1S/C28H41NO3/c1-20(2)28(31)32-27-16-15-23(19-30)18-26(27)25(24-12-8-7-9-13-24)14-10-11-17-29(21(3)4)22(5)6/h7-9,12-13,15-16,18,20-22,25,30H,10-11,14,17,19H2,1-6H3/t25-/m1/s1. The minimum atomic E-state index is -0.237. The van der Waals surface area contributed by atoms with Crippen molar-refractivity contribution in [2.45, 2.75) is 85.4 Å². The number of benzene rings is 2. The molecule has 0 unspecified atom stereocenters. The zero-order valence-electron chi connectivity index (χ0n) is 20.7. The molecule has 0 bridgehead atoms. The number of carbonyl (C=O) groups excluding carboxylic acids is 1. The van der Waals surface area contributed by atoms with E-state index in [0.29, 0.717) is 17.8 Å². The van der Waals surface area contributed by atoms with Crippen LogP contribution in [-0.4, -0.2) is 34.6 Å². The van der Waals surface area contributed by atoms with Crippen molar-refractivity contribution >= 4 is 5.97 Å². The number of hydrogen-bond acceptors (Lipinski definition) is 4. The fraction of sp³-hybridized carbons (Fsp3) is 0.536. The van der Waals surface area contributed by atoms with E-state index < -0.39 is 0 Å². The first-order valence-electron chi connectivity index (χ1n) is 12.0. The molecule has 0 saturated carbocycles. The van der Waals surface area contributed by atoms with E-state index in [4.69, 9.17) is 4.74 Å². The van der Waals surface area contributed by atoms with Gasteiger partial charge in [-0.05, 0) is 70.3 Å². The summed E-state index contributed by atoms with van der Waals surface area (Å²) in [6.45, 7) is 13.7. The third-order valence-electron chi connectivity index (χ3n) is 6.00. The summed E-state index contributed by atoms with van der Waals surface area (Å²) in [6, 6.07) is 17.1. The molecule has 4 nitrogen and oxygen atoms in total. The van der Waals surface area contributed by atoms with Crippen molar-refractivity contribution in [2.24, 2.45) is 5.92 Å². The molecule has 0 aliphatic carbocycles. The molecular weight excluding hydrogens is 398 g/mol. The lowest BCUT2D eigenvalue weighted by Crippen LogP contribution is -2.37. The number of ether oxygens (including phenoxy) is 1. The highest BCUT2D eigenvalue weighted by atomic mass is 16.5. The fourth-order valence-electron chi connectivity index (χ4n) is 4.23. The average Bonchev–Trinajstić information content (AvgIpc) is 2.76. The fourth-order valence-corrected chi connectivity index (χ4v) is 4.23. The van der Waals surface area contributed by atoms with Gasteiger partial charge >= 0.3 is 5.97 Å². The molecule has 0 aromatic heterocycles. The highest BCUT2D eigenvalue weighted by Gasteiger charge is 2.22. The van der Waals surface area contributed by atoms with Crippen molar-refractivity contribution < 1.29 is 14.6 Å². The summed E-state index contributed by atoms with van der Waals surface area (Å²) in [6.07, 6.45) is 3.13. The molecule has 1 atom stereocenters. The lowest BCUT2D eigenvalue weighted by atomic mass is 9.85. The molecule has 0 spiro atoms. The van der Waals surface area contributed by atoms with Gasteiger partial charge < -0.3 is 9.84 Å². The van der Waals surface area contributed by atoms with Crippen LogP contribution in [-0.2, 0) is 11.4 Å². The molecule has 0 radical (unpaired) electrons. The maximum absolute atomic E-state index is 12.4. The zero-order valence-corrected chi connectivity index (χ0v) is 20.7. The molecule has 32 heavy (non-hydrogen) atoms. The van der Waals surface area contributed by atoms with Gasteiger partial charge in [0.2, 0.25) is 0 Å². The first-order valence-corrected chi connectivity index (χ1v) is 12.0. The van der Waals surface area contributed by atoms with Crippen molar-refractivity contribution in [3.05, 3.63) is 65.2 Å². The van der Waals surface area contributed by atoms with Gasteiger partial charge in [-0.2, -0.15) is 0 Å². The Labute approximate surface area is 194 Å². The highest BCUT2D eigenvalue weighted by molar-refractivity contribution is 5.75. The normalized spacial score (nSPS) is 12.7. The van der Waals surface area contributed by atoms with E-state index in [1.165, 1.54) is 5.56 Å². The van der Waals surface area contributed by atoms with Gasteiger partial charge in [0.25, 0.3) is 0 Å². The predicted molar refractivity (Wildman–Crippen MR) is 132 cm³/mol. The quantitative estimate of drug-likeness (QED) is 0.244. The van der Waals surface area contributed by atoms with Gasteiger partial charge in [-0.3, -0.25) is 9.69 Å². The van der Waals surface area contributed by atoms with Crippen LogP contribution >= 0.6 is 0 Å². The number of aliphatic hydroxyl groups excluding tert-OH is 1. The van der Waals surface area contributed by atoms with E-state index in [1.54, 1.807) is 0 Å². The van der Waals surface area contributed by atoms with Crippen LogP contribution in [0.2, 0.25) is 0 Å². The number of aliphatic hydroxyl groups is 1. The van der Waals surface area contributed by atoms with Gasteiger partial charge in [0.15, 0.2) is 0 Å². The number of esters is 1. The van der Waals surface area contributed by atoms with Crippen LogP contribution < -0.4 is 4.74 Å². The molecule has 0 amide bonds. The van der Waals surface area contributed by atoms with Crippen molar-refractivity contribution in [1.82, 2.24) is 4.90 Å². The Morgan fingerprint density at radius 2 is 1.59 bits per heavy atom. The summed E-state index contributed by atoms with van der Waals surface area (Å²) in [5.74, 6) is 0.262. The predicted octanol–water partition coefficient (Wildman–Crippen LogP) is 6.16. The average molecular weight is 440 g/mol. The molecule has 4 heteroatoms. The summed E-state index contributed by atoms with van der Waals surface area (Å²) in [5, 5.41) is 9.74. The van der Waals surface area contributed by atoms with Crippen LogP contribution in [0.3, 0.4) is 0 Å². The number of hydrogen-bond donors (Lipinski definition) is 1. The van der Waals surface area contributed by atoms with E-state index in [-0.39, 0.29) is 24.4 Å². The third kappa shape index (κ3) is 7.46. The van der Waals surface area contributed by atoms with E-state index in [1.807, 2.05) is 38.1 Å². The summed E-state index contributed by atoms with van der Waals surface area (Å²) in [7, 11) is 0. The van der Waals surface area contributed by atoms with E-state index in [0.717, 1.165) is 36.9 Å². The summed E-state index contributed by atoms with van der Waals surface area (Å²) < 4.78 is 5.79. The summed E-state index contributed by atoms with van der Waals surface area (Å²) in [4.78, 5) is 14.9. The second kappa shape index (κ2) is 12.8. The summed E-state index contributed by atoms with van der Waals surface area (Å²) >= 11 is 0. The van der Waals surface area contributed by atoms with Crippen molar-refractivity contribution in [3.63, 3.8) is 0 Å². The monoisotopic (exact) mass is 439 g/mol. The number of rotatable bonds is 12. The Kier molecular flexibility index (Phi) is 10.4. The Morgan fingerprint density at radius 3 is 2.16 bits per heavy atom. The van der Waals surface area contributed by atoms with E-state index >= 15 is 0 Å². The first-order chi connectivity index (χ1) is 15.2. The smallest absolute Gasteiger partial charge is 0.313 e. The number of nitrogens with zero attached hydrogens (tertiary/aromatic N) is 1. The Hall–Kier alpha value is -2.17. The summed E-state index contributed by atoms with van der Waals surface area (Å²) in [5.41, 5.74) is 3.01. The molecule has 0 fully saturated rings. The number of unbranched alkanes of at least 4 members (excludes halogenated alkanes) is 1. The SMILES string of the molecule is CC(C)C(=O)Oc1ccc(CO)cc1[C@H](CCCCN(C(C)C)C(C)C)c1ccccc1. The van der Waals surface area contributed by atoms with Gasteiger partial charge in [-0.1, -0.05) is 56.7 Å². The molecule has 0 aliphatic heterocycles. The first kappa shape index (κ1) is 26.1. The minimum Gasteiger partial charge on any atom is -0.426 e. The molecule has 2 rings (SSSR count). The molecule has 0 heterocycles. The van der Waals surface area contributed by atoms with Crippen LogP contribution in [0, 0.1) is 5.92 Å². The molecular formula is C28H41NO3. The second-order valence-corrected chi connectivity index (χ2v) is 9.49. The number of carbonyl (C=O) groups is 1. The zero-order chi connectivity index (χ0) is 23.7. The van der Waals surface area contributed by atoms with E-state index in [9.17, 15) is 9.90 Å². The lowest BCUT2D eigenvalue weighted by molar-refractivity contribution is -0.137. The highest BCUT2D eigenvalue weighted by Crippen LogP contribution is 2.37. The Morgan fingerprint density at radius 1 is 0.938 bits per heavy atom. The van der Waals surface area contributed by atoms with Gasteiger partial charge in [0.05, 0.1) is 12.5 Å². The van der Waals surface area contributed by atoms with Crippen molar-refractivity contribution in [2.75, 3.05) is 6.54 Å². The van der Waals surface area contributed by atoms with Crippen LogP contribution in [0.1, 0.15) is 83.4 Å². The lowest BCUT2D eigenvalue weighted by Gasteiger charge is -2.30. The van der Waals surface area contributed by atoms with Gasteiger partial charge in [-0.15, -0.1) is 0 Å². The second-order valence-electron chi connectivity index (χ2n) is 9.49. The third-order valence-corrected chi connectivity index (χ3v) is 6.00. The van der Waals surface area contributed by atoms with Crippen LogP contribution in [0.25, 0.3) is 0 Å². The molecule has 0 aliphatic rings. The maximum Gasteiger partial charge on any atom is 0.313 e. The maximum atomic E-state index is 12.4. The van der Waals surface area contributed by atoms with Crippen molar-refractivity contribution in [1.29, 1.82) is 0 Å². The van der Waals surface area contributed by atoms with Gasteiger partial charge in [-0.25, -0.2) is 0 Å². The van der Waals surface area contributed by atoms with Gasteiger partial charge in [0.1, 0.15) is 5.75 Å². The molecule has 0 saturated heterocycles. The van der Waals surface area contributed by atoms with Crippen LogP contribution in [0.15, 0.2) is 48.5 Å². The Bertz CT molecular complexity index is 822. The topological polar surface area (TPSA) is 49.8 Å². The largest absolute Gasteiger partial charge is 0.426 e. The minimum absolute atomic E-state index is 0.0371. The van der Waals surface area contributed by atoms with Crippen LogP contribution in [0.5, 0.6) is 5.75 Å². The van der Waals surface area contributed by atoms with Crippen molar-refractivity contribution in [3.8, 4) is 5.75 Å². The van der Waals surface area contributed by atoms with E-state index in [2.05, 4.69) is 56.9 Å². The molecule has 2 aromatic carbocycles. The molecule has 176 valence electrons. The van der Waals surface area contributed by atoms with Gasteiger partial charge in [0, 0.05) is 23.6 Å². The molecule has 2 aromatic rings. The Balaban J connectivity index is 2.30. The van der Waals surface area contributed by atoms with Crippen LogP contribution in [0.4, 0.5) is 0 Å². The molecule has 1 N–H and O–H groups in total.